The van der Waals surface area contributed by atoms with Crippen molar-refractivity contribution in [1.82, 2.24) is 9.29 Å². The highest BCUT2D eigenvalue weighted by atomic mass is 32.2. The third-order valence-electron chi connectivity index (χ3n) is 3.39. The van der Waals surface area contributed by atoms with Gasteiger partial charge in [0.15, 0.2) is 0 Å². The van der Waals surface area contributed by atoms with Crippen molar-refractivity contribution in [1.29, 1.82) is 0 Å². The standard InChI is InChI=1S/C15H20N2O3S2/c1-10-6-14(20-5)7-11(2)15(10)22(18,19)17(4)8-13-9-21-12(3)16-13/h6-7,9H,8H2,1-5H3. The van der Waals surface area contributed by atoms with Crippen molar-refractivity contribution in [3.8, 4) is 5.75 Å². The molecule has 0 unspecified atom stereocenters. The molecule has 1 aromatic heterocycles. The summed E-state index contributed by atoms with van der Waals surface area (Å²) in [5.41, 5.74) is 2.12. The molecule has 2 aromatic rings. The first-order chi connectivity index (χ1) is 10.3. The van der Waals surface area contributed by atoms with Gasteiger partial charge < -0.3 is 4.74 Å². The number of benzene rings is 1. The summed E-state index contributed by atoms with van der Waals surface area (Å²) in [4.78, 5) is 4.66. The van der Waals surface area contributed by atoms with E-state index in [9.17, 15) is 8.42 Å². The van der Waals surface area contributed by atoms with Gasteiger partial charge in [-0.15, -0.1) is 11.3 Å². The van der Waals surface area contributed by atoms with Gasteiger partial charge in [0.1, 0.15) is 5.75 Å². The van der Waals surface area contributed by atoms with E-state index in [0.717, 1.165) is 10.7 Å². The third kappa shape index (κ3) is 3.31. The number of hydrogen-bond acceptors (Lipinski definition) is 5. The van der Waals surface area contributed by atoms with E-state index in [1.54, 1.807) is 40.1 Å². The van der Waals surface area contributed by atoms with Crippen molar-refractivity contribution >= 4 is 21.4 Å². The molecular weight excluding hydrogens is 320 g/mol. The second-order valence-corrected chi connectivity index (χ2v) is 8.25. The monoisotopic (exact) mass is 340 g/mol. The molecule has 0 saturated carbocycles. The van der Waals surface area contributed by atoms with Crippen LogP contribution < -0.4 is 4.74 Å². The van der Waals surface area contributed by atoms with Gasteiger partial charge in [-0.1, -0.05) is 0 Å². The molecule has 5 nitrogen and oxygen atoms in total. The highest BCUT2D eigenvalue weighted by Gasteiger charge is 2.26. The predicted octanol–water partition coefficient (Wildman–Crippen LogP) is 2.90. The summed E-state index contributed by atoms with van der Waals surface area (Å²) in [5.74, 6) is 0.659. The van der Waals surface area contributed by atoms with Crippen LogP contribution in [0.1, 0.15) is 21.8 Å². The van der Waals surface area contributed by atoms with E-state index in [-0.39, 0.29) is 6.54 Å². The van der Waals surface area contributed by atoms with Gasteiger partial charge in [0, 0.05) is 12.4 Å². The molecular formula is C15H20N2O3S2. The predicted molar refractivity (Wildman–Crippen MR) is 88.0 cm³/mol. The van der Waals surface area contributed by atoms with E-state index >= 15 is 0 Å². The topological polar surface area (TPSA) is 59.5 Å². The molecule has 0 amide bonds. The largest absolute Gasteiger partial charge is 0.497 e. The molecule has 0 bridgehead atoms. The highest BCUT2D eigenvalue weighted by molar-refractivity contribution is 7.89. The molecule has 0 aliphatic heterocycles. The first-order valence-corrected chi connectivity index (χ1v) is 9.10. The Balaban J connectivity index is 2.37. The van der Waals surface area contributed by atoms with Crippen LogP contribution >= 0.6 is 11.3 Å². The van der Waals surface area contributed by atoms with Crippen molar-refractivity contribution in [3.05, 3.63) is 39.3 Å². The Bertz CT molecular complexity index is 759. The summed E-state index contributed by atoms with van der Waals surface area (Å²) in [6.07, 6.45) is 0. The van der Waals surface area contributed by atoms with Gasteiger partial charge in [0.2, 0.25) is 10.0 Å². The van der Waals surface area contributed by atoms with Crippen LogP contribution in [0.25, 0.3) is 0 Å². The molecule has 0 aliphatic carbocycles. The van der Waals surface area contributed by atoms with Crippen molar-refractivity contribution in [2.45, 2.75) is 32.2 Å². The second kappa shape index (κ2) is 6.36. The average Bonchev–Trinajstić information content (AvgIpc) is 2.82. The molecule has 1 aromatic carbocycles. The van der Waals surface area contributed by atoms with Gasteiger partial charge in [-0.3, -0.25) is 0 Å². The fraction of sp³-hybridized carbons (Fsp3) is 0.400. The fourth-order valence-electron chi connectivity index (χ4n) is 2.39. The van der Waals surface area contributed by atoms with E-state index in [4.69, 9.17) is 4.74 Å². The molecule has 7 heteroatoms. The van der Waals surface area contributed by atoms with Gasteiger partial charge in [-0.25, -0.2) is 13.4 Å². The van der Waals surface area contributed by atoms with Gasteiger partial charge in [-0.05, 0) is 44.0 Å². The van der Waals surface area contributed by atoms with Crippen LogP contribution in [0.2, 0.25) is 0 Å². The Labute approximate surface area is 135 Å². The van der Waals surface area contributed by atoms with E-state index in [2.05, 4.69) is 4.98 Å². The van der Waals surface area contributed by atoms with E-state index < -0.39 is 10.0 Å². The minimum absolute atomic E-state index is 0.261. The lowest BCUT2D eigenvalue weighted by Gasteiger charge is -2.20. The molecule has 0 atom stereocenters. The minimum atomic E-state index is -3.57. The van der Waals surface area contributed by atoms with Crippen LogP contribution in [0.5, 0.6) is 5.75 Å². The number of thiazole rings is 1. The number of aryl methyl sites for hydroxylation is 3. The summed E-state index contributed by atoms with van der Waals surface area (Å²) in [6.45, 7) is 5.73. The van der Waals surface area contributed by atoms with Crippen LogP contribution in [0, 0.1) is 20.8 Å². The van der Waals surface area contributed by atoms with Crippen LogP contribution in [-0.4, -0.2) is 31.9 Å². The molecule has 1 heterocycles. The average molecular weight is 340 g/mol. The van der Waals surface area contributed by atoms with E-state index in [0.29, 0.717) is 21.8 Å². The number of ether oxygens (including phenoxy) is 1. The molecule has 0 fully saturated rings. The molecule has 22 heavy (non-hydrogen) atoms. The third-order valence-corrected chi connectivity index (χ3v) is 6.32. The zero-order valence-corrected chi connectivity index (χ0v) is 15.0. The Morgan fingerprint density at radius 3 is 2.27 bits per heavy atom. The fourth-order valence-corrected chi connectivity index (χ4v) is 4.53. The summed E-state index contributed by atoms with van der Waals surface area (Å²) in [6, 6.07) is 3.47. The number of sulfonamides is 1. The zero-order chi connectivity index (χ0) is 16.5. The van der Waals surface area contributed by atoms with Gasteiger partial charge >= 0.3 is 0 Å². The van der Waals surface area contributed by atoms with Gasteiger partial charge in [0.25, 0.3) is 0 Å². The lowest BCUT2D eigenvalue weighted by Crippen LogP contribution is -2.28. The minimum Gasteiger partial charge on any atom is -0.497 e. The lowest BCUT2D eigenvalue weighted by atomic mass is 10.1. The number of hydrogen-bond donors (Lipinski definition) is 0. The maximum Gasteiger partial charge on any atom is 0.243 e. The zero-order valence-electron chi connectivity index (χ0n) is 13.4. The summed E-state index contributed by atoms with van der Waals surface area (Å²) >= 11 is 1.51. The molecule has 0 N–H and O–H groups in total. The van der Waals surface area contributed by atoms with Crippen LogP contribution in [0.3, 0.4) is 0 Å². The number of aromatic nitrogens is 1. The van der Waals surface area contributed by atoms with Crippen molar-refractivity contribution in [2.24, 2.45) is 0 Å². The van der Waals surface area contributed by atoms with E-state index in [1.165, 1.54) is 15.6 Å². The maximum absolute atomic E-state index is 12.8. The highest BCUT2D eigenvalue weighted by Crippen LogP contribution is 2.28. The second-order valence-electron chi connectivity index (χ2n) is 5.21. The van der Waals surface area contributed by atoms with Gasteiger partial charge in [-0.2, -0.15) is 4.31 Å². The molecule has 2 rings (SSSR count). The van der Waals surface area contributed by atoms with Gasteiger partial charge in [0.05, 0.1) is 29.3 Å². The van der Waals surface area contributed by atoms with Crippen LogP contribution in [-0.2, 0) is 16.6 Å². The smallest absolute Gasteiger partial charge is 0.243 e. The molecule has 0 spiro atoms. The van der Waals surface area contributed by atoms with Crippen molar-refractivity contribution < 1.29 is 13.2 Å². The summed E-state index contributed by atoms with van der Waals surface area (Å²) in [5, 5.41) is 2.81. The first-order valence-electron chi connectivity index (χ1n) is 6.78. The molecule has 120 valence electrons. The Morgan fingerprint density at radius 1 is 1.23 bits per heavy atom. The normalized spacial score (nSPS) is 11.9. The molecule has 0 saturated heterocycles. The summed E-state index contributed by atoms with van der Waals surface area (Å²) in [7, 11) is -0.427. The number of rotatable bonds is 5. The number of nitrogens with zero attached hydrogens (tertiary/aromatic N) is 2. The number of methoxy groups -OCH3 is 1. The van der Waals surface area contributed by atoms with Crippen molar-refractivity contribution in [2.75, 3.05) is 14.2 Å². The SMILES string of the molecule is COc1cc(C)c(S(=O)(=O)N(C)Cc2csc(C)n2)c(C)c1. The van der Waals surface area contributed by atoms with Crippen molar-refractivity contribution in [3.63, 3.8) is 0 Å². The van der Waals surface area contributed by atoms with Crippen LogP contribution in [0.15, 0.2) is 22.4 Å². The molecule has 0 radical (unpaired) electrons. The lowest BCUT2D eigenvalue weighted by molar-refractivity contribution is 0.413. The Morgan fingerprint density at radius 2 is 1.82 bits per heavy atom. The quantitative estimate of drug-likeness (QED) is 0.840. The molecule has 0 aliphatic rings. The van der Waals surface area contributed by atoms with E-state index in [1.807, 2.05) is 12.3 Å². The Kier molecular flexibility index (Phi) is 4.89. The first kappa shape index (κ1) is 16.9. The Hall–Kier alpha value is -1.44. The van der Waals surface area contributed by atoms with Crippen LogP contribution in [0.4, 0.5) is 0 Å². The maximum atomic E-state index is 12.8. The summed E-state index contributed by atoms with van der Waals surface area (Å²) < 4.78 is 32.2.